The van der Waals surface area contributed by atoms with E-state index in [2.05, 4.69) is 0 Å². The van der Waals surface area contributed by atoms with Crippen LogP contribution in [0.3, 0.4) is 0 Å². The molecule has 0 atom stereocenters. The second-order valence-electron chi connectivity index (χ2n) is 6.66. The smallest absolute Gasteiger partial charge is 0.255 e. The van der Waals surface area contributed by atoms with Crippen molar-refractivity contribution in [2.45, 2.75) is 4.90 Å². The summed E-state index contributed by atoms with van der Waals surface area (Å²) < 4.78 is 39.7. The molecular formula is C19H21ClFN3O3S. The first kappa shape index (κ1) is 20.6. The maximum Gasteiger partial charge on any atom is 0.255 e. The summed E-state index contributed by atoms with van der Waals surface area (Å²) in [6.45, 7) is 1.71. The number of rotatable bonds is 4. The fourth-order valence-corrected chi connectivity index (χ4v) is 4.20. The number of para-hydroxylation sites is 1. The van der Waals surface area contributed by atoms with Crippen LogP contribution < -0.4 is 4.90 Å². The fourth-order valence-electron chi connectivity index (χ4n) is 3.07. The van der Waals surface area contributed by atoms with E-state index in [4.69, 9.17) is 11.6 Å². The first-order chi connectivity index (χ1) is 13.2. The zero-order valence-electron chi connectivity index (χ0n) is 15.6. The van der Waals surface area contributed by atoms with Crippen molar-refractivity contribution >= 4 is 33.2 Å². The lowest BCUT2D eigenvalue weighted by Crippen LogP contribution is -2.49. The summed E-state index contributed by atoms with van der Waals surface area (Å²) in [5.41, 5.74) is 0.649. The van der Waals surface area contributed by atoms with Crippen LogP contribution in [0, 0.1) is 5.82 Å². The molecule has 0 aromatic heterocycles. The van der Waals surface area contributed by atoms with Gasteiger partial charge in [-0.25, -0.2) is 17.1 Å². The minimum Gasteiger partial charge on any atom is -0.366 e. The highest BCUT2D eigenvalue weighted by Crippen LogP contribution is 2.25. The number of piperazine rings is 1. The third-order valence-corrected chi connectivity index (χ3v) is 6.85. The summed E-state index contributed by atoms with van der Waals surface area (Å²) in [5, 5.41) is 0.194. The maximum absolute atomic E-state index is 14.0. The van der Waals surface area contributed by atoms with Gasteiger partial charge in [0, 0.05) is 40.3 Å². The van der Waals surface area contributed by atoms with Crippen molar-refractivity contribution in [1.82, 2.24) is 9.21 Å². The van der Waals surface area contributed by atoms with Crippen molar-refractivity contribution < 1.29 is 17.6 Å². The van der Waals surface area contributed by atoms with Gasteiger partial charge >= 0.3 is 0 Å². The molecule has 3 rings (SSSR count). The first-order valence-corrected chi connectivity index (χ1v) is 10.5. The third kappa shape index (κ3) is 3.99. The van der Waals surface area contributed by atoms with Gasteiger partial charge in [0.15, 0.2) is 0 Å². The molecule has 0 unspecified atom stereocenters. The van der Waals surface area contributed by atoms with Gasteiger partial charge in [-0.2, -0.15) is 0 Å². The standard InChI is InChI=1S/C19H21ClFN3O3S/c1-22(2)28(26,27)14-7-8-16(20)15(13-14)19(25)24-11-9-23(10-12-24)18-6-4-3-5-17(18)21/h3-8,13H,9-12H2,1-2H3. The van der Waals surface area contributed by atoms with E-state index in [0.29, 0.717) is 31.9 Å². The Kier molecular flexibility index (Phi) is 5.92. The highest BCUT2D eigenvalue weighted by atomic mass is 35.5. The van der Waals surface area contributed by atoms with Crippen molar-refractivity contribution in [2.24, 2.45) is 0 Å². The van der Waals surface area contributed by atoms with Crippen molar-refractivity contribution in [3.63, 3.8) is 0 Å². The zero-order chi connectivity index (χ0) is 20.5. The van der Waals surface area contributed by atoms with Crippen LogP contribution in [0.4, 0.5) is 10.1 Å². The topological polar surface area (TPSA) is 60.9 Å². The molecule has 1 aliphatic heterocycles. The predicted molar refractivity (Wildman–Crippen MR) is 107 cm³/mol. The Morgan fingerprint density at radius 1 is 1.07 bits per heavy atom. The molecule has 9 heteroatoms. The van der Waals surface area contributed by atoms with Crippen LogP contribution in [0.5, 0.6) is 0 Å². The van der Waals surface area contributed by atoms with Crippen molar-refractivity contribution in [3.05, 3.63) is 58.9 Å². The molecule has 6 nitrogen and oxygen atoms in total. The first-order valence-electron chi connectivity index (χ1n) is 8.72. The number of sulfonamides is 1. The average Bonchev–Trinajstić information content (AvgIpc) is 2.68. The molecule has 28 heavy (non-hydrogen) atoms. The molecule has 0 spiro atoms. The number of carbonyl (C=O) groups excluding carboxylic acids is 1. The van der Waals surface area contributed by atoms with Gasteiger partial charge in [0.05, 0.1) is 21.2 Å². The number of carbonyl (C=O) groups is 1. The van der Waals surface area contributed by atoms with Gasteiger partial charge in [0.1, 0.15) is 5.82 Å². The fraction of sp³-hybridized carbons (Fsp3) is 0.316. The van der Waals surface area contributed by atoms with E-state index in [1.54, 1.807) is 23.1 Å². The van der Waals surface area contributed by atoms with E-state index in [1.165, 1.54) is 38.4 Å². The van der Waals surface area contributed by atoms with Crippen molar-refractivity contribution in [2.75, 3.05) is 45.2 Å². The molecule has 0 radical (unpaired) electrons. The van der Waals surface area contributed by atoms with E-state index in [1.807, 2.05) is 4.90 Å². The summed E-state index contributed by atoms with van der Waals surface area (Å²) in [7, 11) is -0.828. The molecule has 1 saturated heterocycles. The maximum atomic E-state index is 14.0. The third-order valence-electron chi connectivity index (χ3n) is 4.71. The van der Waals surface area contributed by atoms with Gasteiger partial charge in [-0.05, 0) is 30.3 Å². The number of halogens is 2. The van der Waals surface area contributed by atoms with Gasteiger partial charge in [0.25, 0.3) is 5.91 Å². The molecule has 150 valence electrons. The number of anilines is 1. The number of benzene rings is 2. The van der Waals surface area contributed by atoms with E-state index in [0.717, 1.165) is 4.31 Å². The molecule has 1 heterocycles. The van der Waals surface area contributed by atoms with Gasteiger partial charge in [-0.3, -0.25) is 4.79 Å². The molecule has 0 bridgehead atoms. The summed E-state index contributed by atoms with van der Waals surface area (Å²) >= 11 is 6.17. The molecule has 1 amide bonds. The molecular weight excluding hydrogens is 405 g/mol. The largest absolute Gasteiger partial charge is 0.366 e. The average molecular weight is 426 g/mol. The van der Waals surface area contributed by atoms with Crippen molar-refractivity contribution in [3.8, 4) is 0 Å². The van der Waals surface area contributed by atoms with Crippen molar-refractivity contribution in [1.29, 1.82) is 0 Å². The van der Waals surface area contributed by atoms with E-state index in [9.17, 15) is 17.6 Å². The SMILES string of the molecule is CN(C)S(=O)(=O)c1ccc(Cl)c(C(=O)N2CCN(c3ccccc3F)CC2)c1. The zero-order valence-corrected chi connectivity index (χ0v) is 17.2. The molecule has 0 saturated carbocycles. The number of hydrogen-bond donors (Lipinski definition) is 0. The van der Waals surface area contributed by atoms with E-state index >= 15 is 0 Å². The lowest BCUT2D eigenvalue weighted by molar-refractivity contribution is 0.0746. The van der Waals surface area contributed by atoms with Gasteiger partial charge in [0.2, 0.25) is 10.0 Å². The molecule has 2 aromatic carbocycles. The van der Waals surface area contributed by atoms with Crippen LogP contribution in [-0.2, 0) is 10.0 Å². The predicted octanol–water partition coefficient (Wildman–Crippen LogP) is 2.69. The van der Waals surface area contributed by atoms with E-state index < -0.39 is 10.0 Å². The Morgan fingerprint density at radius 2 is 1.71 bits per heavy atom. The Hall–Kier alpha value is -2.16. The Bertz CT molecular complexity index is 990. The molecule has 1 aliphatic rings. The normalized spacial score (nSPS) is 15.2. The molecule has 1 fully saturated rings. The lowest BCUT2D eigenvalue weighted by Gasteiger charge is -2.36. The molecule has 2 aromatic rings. The summed E-state index contributed by atoms with van der Waals surface area (Å²) in [6, 6.07) is 10.6. The second kappa shape index (κ2) is 8.06. The minimum absolute atomic E-state index is 0.00948. The molecule has 0 aliphatic carbocycles. The highest BCUT2D eigenvalue weighted by Gasteiger charge is 2.27. The minimum atomic E-state index is -3.68. The van der Waals surface area contributed by atoms with Crippen LogP contribution in [0.1, 0.15) is 10.4 Å². The van der Waals surface area contributed by atoms with Gasteiger partial charge in [-0.1, -0.05) is 23.7 Å². The Labute approximate surface area is 169 Å². The quantitative estimate of drug-likeness (QED) is 0.755. The summed E-state index contributed by atoms with van der Waals surface area (Å²) in [4.78, 5) is 16.4. The number of hydrogen-bond acceptors (Lipinski definition) is 4. The van der Waals surface area contributed by atoms with Crippen LogP contribution in [-0.4, -0.2) is 63.8 Å². The highest BCUT2D eigenvalue weighted by molar-refractivity contribution is 7.89. The number of amides is 1. The van der Waals surface area contributed by atoms with Crippen LogP contribution >= 0.6 is 11.6 Å². The van der Waals surface area contributed by atoms with Gasteiger partial charge < -0.3 is 9.80 Å². The summed E-state index contributed by atoms with van der Waals surface area (Å²) in [5.74, 6) is -0.638. The van der Waals surface area contributed by atoms with Crippen LogP contribution in [0.25, 0.3) is 0 Å². The number of nitrogens with zero attached hydrogens (tertiary/aromatic N) is 3. The van der Waals surface area contributed by atoms with Crippen LogP contribution in [0.2, 0.25) is 5.02 Å². The Morgan fingerprint density at radius 3 is 2.32 bits per heavy atom. The Balaban J connectivity index is 1.78. The lowest BCUT2D eigenvalue weighted by atomic mass is 10.1. The van der Waals surface area contributed by atoms with Gasteiger partial charge in [-0.15, -0.1) is 0 Å². The van der Waals surface area contributed by atoms with Crippen LogP contribution in [0.15, 0.2) is 47.4 Å². The van der Waals surface area contributed by atoms with E-state index in [-0.39, 0.29) is 27.2 Å². The second-order valence-corrected chi connectivity index (χ2v) is 9.22. The summed E-state index contributed by atoms with van der Waals surface area (Å²) in [6.07, 6.45) is 0. The molecule has 0 N–H and O–H groups in total. The monoisotopic (exact) mass is 425 g/mol.